The van der Waals surface area contributed by atoms with Crippen LogP contribution in [-0.2, 0) is 0 Å². The molecule has 3 nitrogen and oxygen atoms in total. The van der Waals surface area contributed by atoms with Gasteiger partial charge in [-0.3, -0.25) is 0 Å². The fourth-order valence-electron chi connectivity index (χ4n) is 1.27. The molecule has 0 fully saturated rings. The van der Waals surface area contributed by atoms with Crippen molar-refractivity contribution in [2.24, 2.45) is 10.7 Å². The Bertz CT molecular complexity index is 448. The summed E-state index contributed by atoms with van der Waals surface area (Å²) >= 11 is 12.1. The number of halogens is 2. The molecular weight excluding hydrogens is 257 g/mol. The molecule has 1 aromatic rings. The molecule has 0 amide bonds. The first-order valence-electron chi connectivity index (χ1n) is 5.27. The van der Waals surface area contributed by atoms with Gasteiger partial charge in [0.05, 0.1) is 16.2 Å². The van der Waals surface area contributed by atoms with Crippen LogP contribution >= 0.6 is 23.2 Å². The molecule has 0 aliphatic heterocycles. The van der Waals surface area contributed by atoms with Crippen molar-refractivity contribution in [1.29, 1.82) is 0 Å². The topological polar surface area (TPSA) is 50.4 Å². The summed E-state index contributed by atoms with van der Waals surface area (Å²) in [6, 6.07) is 3.53. The summed E-state index contributed by atoms with van der Waals surface area (Å²) in [4.78, 5) is 4.28. The van der Waals surface area contributed by atoms with Gasteiger partial charge in [-0.2, -0.15) is 0 Å². The fourth-order valence-corrected chi connectivity index (χ4v) is 1.70. The van der Waals surface area contributed by atoms with Crippen molar-refractivity contribution in [2.75, 3.05) is 5.32 Å². The third-order valence-electron chi connectivity index (χ3n) is 1.97. The van der Waals surface area contributed by atoms with E-state index in [2.05, 4.69) is 10.3 Å². The lowest BCUT2D eigenvalue weighted by Crippen LogP contribution is -2.27. The van der Waals surface area contributed by atoms with Gasteiger partial charge >= 0.3 is 0 Å². The van der Waals surface area contributed by atoms with E-state index < -0.39 is 0 Å². The Morgan fingerprint density at radius 2 is 1.82 bits per heavy atom. The van der Waals surface area contributed by atoms with Gasteiger partial charge in [0.1, 0.15) is 0 Å². The van der Waals surface area contributed by atoms with E-state index in [9.17, 15) is 0 Å². The molecule has 0 saturated carbocycles. The van der Waals surface area contributed by atoms with E-state index in [1.54, 1.807) is 12.1 Å². The number of rotatable bonds is 1. The summed E-state index contributed by atoms with van der Waals surface area (Å²) < 4.78 is 0. The Balaban J connectivity index is 2.97. The second kappa shape index (κ2) is 5.15. The third-order valence-corrected chi connectivity index (χ3v) is 2.69. The van der Waals surface area contributed by atoms with Crippen LogP contribution in [0.1, 0.15) is 26.3 Å². The Kier molecular flexibility index (Phi) is 4.28. The summed E-state index contributed by atoms with van der Waals surface area (Å²) in [7, 11) is 0. The molecule has 0 atom stereocenters. The molecule has 0 bridgehead atoms. The summed E-state index contributed by atoms with van der Waals surface area (Å²) in [5, 5.41) is 4.15. The van der Waals surface area contributed by atoms with E-state index in [0.29, 0.717) is 21.7 Å². The fraction of sp³-hybridized carbons (Fsp3) is 0.417. The van der Waals surface area contributed by atoms with Gasteiger partial charge in [-0.05, 0) is 45.4 Å². The van der Waals surface area contributed by atoms with Crippen molar-refractivity contribution >= 4 is 34.8 Å². The first-order valence-corrected chi connectivity index (χ1v) is 6.02. The smallest absolute Gasteiger partial charge is 0.193 e. The second-order valence-corrected chi connectivity index (χ2v) is 5.69. The lowest BCUT2D eigenvalue weighted by atomic mass is 10.1. The highest BCUT2D eigenvalue weighted by atomic mass is 35.5. The van der Waals surface area contributed by atoms with E-state index >= 15 is 0 Å². The molecule has 94 valence electrons. The molecule has 1 rings (SSSR count). The number of nitrogens with zero attached hydrogens (tertiary/aromatic N) is 1. The number of guanidine groups is 1. The first kappa shape index (κ1) is 14.1. The summed E-state index contributed by atoms with van der Waals surface area (Å²) in [6.45, 7) is 7.78. The van der Waals surface area contributed by atoms with Crippen LogP contribution in [0.2, 0.25) is 10.0 Å². The van der Waals surface area contributed by atoms with Crippen LogP contribution in [0, 0.1) is 6.92 Å². The van der Waals surface area contributed by atoms with Crippen molar-refractivity contribution < 1.29 is 0 Å². The molecule has 3 N–H and O–H groups in total. The number of hydrogen-bond acceptors (Lipinski definition) is 1. The minimum Gasteiger partial charge on any atom is -0.370 e. The van der Waals surface area contributed by atoms with E-state index in [-0.39, 0.29) is 5.54 Å². The normalized spacial score (nSPS) is 12.7. The number of nitrogens with one attached hydrogen (secondary N) is 1. The third kappa shape index (κ3) is 4.44. The highest BCUT2D eigenvalue weighted by Crippen LogP contribution is 2.28. The molecule has 1 aromatic carbocycles. The van der Waals surface area contributed by atoms with Crippen molar-refractivity contribution in [3.8, 4) is 0 Å². The van der Waals surface area contributed by atoms with E-state index in [1.807, 2.05) is 27.7 Å². The van der Waals surface area contributed by atoms with Crippen LogP contribution in [0.5, 0.6) is 0 Å². The van der Waals surface area contributed by atoms with Gasteiger partial charge in [0, 0.05) is 5.02 Å². The molecule has 0 unspecified atom stereocenters. The lowest BCUT2D eigenvalue weighted by molar-refractivity contribution is 0.583. The van der Waals surface area contributed by atoms with Crippen molar-refractivity contribution in [2.45, 2.75) is 33.2 Å². The molecule has 0 aliphatic rings. The van der Waals surface area contributed by atoms with Crippen LogP contribution in [0.4, 0.5) is 5.69 Å². The highest BCUT2D eigenvalue weighted by molar-refractivity contribution is 6.36. The average Bonchev–Trinajstić information content (AvgIpc) is 2.11. The summed E-state index contributed by atoms with van der Waals surface area (Å²) in [5.74, 6) is 0.319. The highest BCUT2D eigenvalue weighted by Gasteiger charge is 2.10. The molecule has 17 heavy (non-hydrogen) atoms. The number of anilines is 1. The van der Waals surface area contributed by atoms with Gasteiger partial charge in [0.25, 0.3) is 0 Å². The Morgan fingerprint density at radius 1 is 1.24 bits per heavy atom. The standard InChI is InChI=1S/C12H17Cl2N3/c1-7-5-9(14)10(6-8(7)13)16-11(15)17-12(2,3)4/h5-6H,1-4H3,(H3,15,16,17). The summed E-state index contributed by atoms with van der Waals surface area (Å²) in [6.07, 6.45) is 0. The molecule has 0 radical (unpaired) electrons. The average molecular weight is 274 g/mol. The first-order chi connectivity index (χ1) is 7.69. The molecule has 0 aromatic heterocycles. The zero-order chi connectivity index (χ0) is 13.2. The number of hydrogen-bond donors (Lipinski definition) is 2. The molecule has 5 heteroatoms. The van der Waals surface area contributed by atoms with Crippen LogP contribution in [-0.4, -0.2) is 11.5 Å². The summed E-state index contributed by atoms with van der Waals surface area (Å²) in [5.41, 5.74) is 7.13. The van der Waals surface area contributed by atoms with Crippen molar-refractivity contribution in [3.63, 3.8) is 0 Å². The number of benzene rings is 1. The Morgan fingerprint density at radius 3 is 2.35 bits per heavy atom. The van der Waals surface area contributed by atoms with Gasteiger partial charge in [0.2, 0.25) is 0 Å². The molecule has 0 aliphatic carbocycles. The minimum atomic E-state index is -0.238. The monoisotopic (exact) mass is 273 g/mol. The molecule has 0 heterocycles. The van der Waals surface area contributed by atoms with Gasteiger partial charge in [-0.1, -0.05) is 23.2 Å². The maximum absolute atomic E-state index is 6.09. The van der Waals surface area contributed by atoms with Crippen molar-refractivity contribution in [1.82, 2.24) is 0 Å². The Hall–Kier alpha value is -0.930. The lowest BCUT2D eigenvalue weighted by Gasteiger charge is -2.15. The van der Waals surface area contributed by atoms with Gasteiger partial charge < -0.3 is 11.1 Å². The molecular formula is C12H17Cl2N3. The number of aliphatic imine (C=N–C) groups is 1. The van der Waals surface area contributed by atoms with E-state index in [1.165, 1.54) is 0 Å². The van der Waals surface area contributed by atoms with E-state index in [4.69, 9.17) is 28.9 Å². The largest absolute Gasteiger partial charge is 0.370 e. The van der Waals surface area contributed by atoms with Crippen LogP contribution in [0.15, 0.2) is 17.1 Å². The van der Waals surface area contributed by atoms with E-state index in [0.717, 1.165) is 5.56 Å². The van der Waals surface area contributed by atoms with Gasteiger partial charge in [0.15, 0.2) is 5.96 Å². The van der Waals surface area contributed by atoms with Crippen molar-refractivity contribution in [3.05, 3.63) is 27.7 Å². The minimum absolute atomic E-state index is 0.238. The molecule has 0 saturated heterocycles. The quantitative estimate of drug-likeness (QED) is 0.604. The van der Waals surface area contributed by atoms with Crippen LogP contribution in [0.3, 0.4) is 0 Å². The van der Waals surface area contributed by atoms with Crippen LogP contribution < -0.4 is 11.1 Å². The zero-order valence-electron chi connectivity index (χ0n) is 10.4. The number of aryl methyl sites for hydroxylation is 1. The zero-order valence-corrected chi connectivity index (χ0v) is 11.9. The Labute approximate surface area is 112 Å². The maximum Gasteiger partial charge on any atom is 0.193 e. The SMILES string of the molecule is Cc1cc(Cl)c(NC(N)=NC(C)(C)C)cc1Cl. The second-order valence-electron chi connectivity index (χ2n) is 4.87. The van der Waals surface area contributed by atoms with Crippen LogP contribution in [0.25, 0.3) is 0 Å². The predicted octanol–water partition coefficient (Wildman–Crippen LogP) is 3.83. The predicted molar refractivity (Wildman–Crippen MR) is 76.2 cm³/mol. The number of nitrogens with two attached hydrogens (primary N) is 1. The van der Waals surface area contributed by atoms with Gasteiger partial charge in [-0.25, -0.2) is 4.99 Å². The van der Waals surface area contributed by atoms with Gasteiger partial charge in [-0.15, -0.1) is 0 Å². The maximum atomic E-state index is 6.09. The molecule has 0 spiro atoms.